The van der Waals surface area contributed by atoms with E-state index in [1.807, 2.05) is 7.05 Å². The van der Waals surface area contributed by atoms with E-state index in [0.29, 0.717) is 0 Å². The molecule has 0 spiro atoms. The summed E-state index contributed by atoms with van der Waals surface area (Å²) >= 11 is 0.00694. The van der Waals surface area contributed by atoms with Gasteiger partial charge in [-0.2, -0.15) is 7.05 Å². The van der Waals surface area contributed by atoms with Crippen molar-refractivity contribution in [2.75, 3.05) is 66.1 Å². The number of hydrogen-bond acceptors (Lipinski definition) is 2. The van der Waals surface area contributed by atoms with Gasteiger partial charge >= 0.3 is 33.3 Å². The Labute approximate surface area is 174 Å². The van der Waals surface area contributed by atoms with Crippen molar-refractivity contribution in [3.05, 3.63) is 41.2 Å². The summed E-state index contributed by atoms with van der Waals surface area (Å²) in [5.41, 5.74) is 1.45. The van der Waals surface area contributed by atoms with Crippen LogP contribution in [0.2, 0.25) is 0 Å². The van der Waals surface area contributed by atoms with Gasteiger partial charge in [0.25, 0.3) is 0 Å². The Balaban J connectivity index is 0.000000758. The molecule has 2 atom stereocenters. The number of hydrogen-bond donors (Lipinski definition) is 0. The maximum atomic E-state index is 4.80. The van der Waals surface area contributed by atoms with Gasteiger partial charge in [0.15, 0.2) is 0 Å². The molecule has 2 fully saturated rings. The van der Waals surface area contributed by atoms with Gasteiger partial charge in [-0.15, -0.1) is 6.54 Å². The molecule has 0 N–H and O–H groups in total. The van der Waals surface area contributed by atoms with Crippen molar-refractivity contribution in [2.24, 2.45) is 0 Å². The summed E-state index contributed by atoms with van der Waals surface area (Å²) in [6, 6.07) is 10.9. The monoisotopic (exact) mass is 441 g/mol. The second kappa shape index (κ2) is 12.6. The zero-order chi connectivity index (χ0) is 18.7. The van der Waals surface area contributed by atoms with E-state index in [1.165, 1.54) is 75.4 Å². The molecule has 2 aliphatic heterocycles. The number of benzene rings is 1. The molecule has 0 amide bonds. The molecule has 2 aliphatic rings. The molecule has 0 aromatic heterocycles. The van der Waals surface area contributed by atoms with Crippen molar-refractivity contribution in [1.82, 2.24) is 9.80 Å². The standard InChI is InChI=1S/C19H32N4.2ClH.Mn/c1-20-9-5-14-23-15-12-21(17-19-7-3-2-4-8-19)10-6-11-22(18-23)13-16-23;;;/h2-4,7-8H,5-6,9-18H2,1H3;2*1H;/q;;;+2/p-2. The molecular weight excluding hydrogens is 410 g/mol. The second-order valence-electron chi connectivity index (χ2n) is 7.33. The molecule has 0 radical (unpaired) electrons. The minimum absolute atomic E-state index is 0.00694. The Kier molecular flexibility index (Phi) is 10.9. The number of fused-ring (bicyclic) bond motifs is 2. The third-order valence-electron chi connectivity index (χ3n) is 5.49. The molecule has 4 nitrogen and oxygen atoms in total. The predicted molar refractivity (Wildman–Crippen MR) is 108 cm³/mol. The van der Waals surface area contributed by atoms with Crippen molar-refractivity contribution in [1.29, 1.82) is 0 Å². The average molecular weight is 442 g/mol. The summed E-state index contributed by atoms with van der Waals surface area (Å²) < 4.78 is 1.29. The Morgan fingerprint density at radius 1 is 1.08 bits per heavy atom. The normalized spacial score (nSPS) is 26.3. The van der Waals surface area contributed by atoms with Gasteiger partial charge in [-0.25, -0.2) is 0 Å². The Bertz CT molecular complexity index is 494. The van der Waals surface area contributed by atoms with Gasteiger partial charge in [-0.05, 0) is 24.9 Å². The summed E-state index contributed by atoms with van der Waals surface area (Å²) in [6.07, 6.45) is 2.54. The van der Waals surface area contributed by atoms with Crippen LogP contribution in [0.15, 0.2) is 30.3 Å². The van der Waals surface area contributed by atoms with Crippen molar-refractivity contribution < 1.29 is 17.6 Å². The molecule has 7 heteroatoms. The first kappa shape index (κ1) is 22.4. The summed E-state index contributed by atoms with van der Waals surface area (Å²) in [6.45, 7) is 12.3. The number of quaternary nitrogens is 1. The van der Waals surface area contributed by atoms with Gasteiger partial charge in [-0.3, -0.25) is 9.80 Å². The molecule has 26 heavy (non-hydrogen) atoms. The van der Waals surface area contributed by atoms with Crippen LogP contribution in [-0.2, 0) is 19.7 Å². The van der Waals surface area contributed by atoms with E-state index in [-0.39, 0.29) is 13.1 Å². The van der Waals surface area contributed by atoms with Crippen molar-refractivity contribution in [3.8, 4) is 0 Å². The fraction of sp³-hybridized carbons (Fsp3) is 0.684. The van der Waals surface area contributed by atoms with E-state index < -0.39 is 0 Å². The summed E-state index contributed by atoms with van der Waals surface area (Å²) in [5, 5.41) is 4.30. The first-order valence-corrected chi connectivity index (χ1v) is 12.7. The Morgan fingerprint density at radius 2 is 1.81 bits per heavy atom. The zero-order valence-electron chi connectivity index (χ0n) is 15.8. The molecule has 2 heterocycles. The van der Waals surface area contributed by atoms with E-state index in [0.717, 1.165) is 13.1 Å². The van der Waals surface area contributed by atoms with E-state index in [2.05, 4.69) is 45.4 Å². The van der Waals surface area contributed by atoms with Gasteiger partial charge < -0.3 is 9.80 Å². The predicted octanol–water partition coefficient (Wildman–Crippen LogP) is 3.75. The minimum atomic E-state index is 0.00694. The fourth-order valence-electron chi connectivity index (χ4n) is 4.13. The molecule has 0 saturated carbocycles. The summed E-state index contributed by atoms with van der Waals surface area (Å²) in [4.78, 5) is 5.36. The van der Waals surface area contributed by atoms with E-state index in [9.17, 15) is 0 Å². The topological polar surface area (TPSA) is 20.6 Å². The van der Waals surface area contributed by atoms with E-state index in [4.69, 9.17) is 20.2 Å². The maximum absolute atomic E-state index is 4.80. The van der Waals surface area contributed by atoms with Crippen LogP contribution in [0.25, 0.3) is 5.32 Å². The van der Waals surface area contributed by atoms with Crippen molar-refractivity contribution in [2.45, 2.75) is 19.4 Å². The van der Waals surface area contributed by atoms with Gasteiger partial charge in [0.2, 0.25) is 0 Å². The van der Waals surface area contributed by atoms with Gasteiger partial charge in [0.05, 0.1) is 26.2 Å². The molecule has 0 aliphatic carbocycles. The van der Waals surface area contributed by atoms with Crippen LogP contribution in [0.1, 0.15) is 18.4 Å². The molecule has 3 rings (SSSR count). The molecule has 1 aromatic carbocycles. The zero-order valence-corrected chi connectivity index (χ0v) is 18.5. The van der Waals surface area contributed by atoms with Crippen LogP contribution in [-0.4, -0.2) is 80.4 Å². The third-order valence-corrected chi connectivity index (χ3v) is 5.49. The van der Waals surface area contributed by atoms with Crippen molar-refractivity contribution >= 4 is 20.2 Å². The van der Waals surface area contributed by atoms with Gasteiger partial charge in [-0.1, -0.05) is 30.3 Å². The first-order chi connectivity index (χ1) is 12.7. The van der Waals surface area contributed by atoms with Crippen LogP contribution in [0.4, 0.5) is 0 Å². The van der Waals surface area contributed by atoms with Crippen LogP contribution in [0.5, 0.6) is 0 Å². The summed E-state index contributed by atoms with van der Waals surface area (Å²) in [7, 11) is 11.5. The Morgan fingerprint density at radius 3 is 2.54 bits per heavy atom. The number of rotatable bonds is 6. The number of nitrogens with zero attached hydrogens (tertiary/aromatic N) is 4. The molecular formula is C19H32Cl2MnN4. The molecule has 2 bridgehead atoms. The van der Waals surface area contributed by atoms with Crippen LogP contribution in [0, 0.1) is 0 Å². The van der Waals surface area contributed by atoms with Gasteiger partial charge in [0.1, 0.15) is 6.67 Å². The van der Waals surface area contributed by atoms with Gasteiger partial charge in [0, 0.05) is 19.6 Å². The molecule has 2 saturated heterocycles. The quantitative estimate of drug-likeness (QED) is 0.380. The number of halogens is 2. The molecule has 1 aromatic rings. The second-order valence-corrected chi connectivity index (χ2v) is 9.28. The third kappa shape index (κ3) is 7.65. The molecule has 2 unspecified atom stereocenters. The van der Waals surface area contributed by atoms with Crippen LogP contribution >= 0.6 is 20.2 Å². The SMILES string of the molecule is C[N-]CCC[N+]12CCN(Cc3ccccc3)CCCN(CC1)C2.[Cl][Mn][Cl]. The van der Waals surface area contributed by atoms with Crippen molar-refractivity contribution in [3.63, 3.8) is 0 Å². The Hall–Kier alpha value is 0.159. The van der Waals surface area contributed by atoms with Crippen LogP contribution in [0.3, 0.4) is 0 Å². The van der Waals surface area contributed by atoms with E-state index >= 15 is 0 Å². The fourth-order valence-corrected chi connectivity index (χ4v) is 4.13. The summed E-state index contributed by atoms with van der Waals surface area (Å²) in [5.74, 6) is 0. The van der Waals surface area contributed by atoms with E-state index in [1.54, 1.807) is 0 Å². The first-order valence-electron chi connectivity index (χ1n) is 9.48. The molecule has 149 valence electrons. The average Bonchev–Trinajstić information content (AvgIpc) is 3.07. The van der Waals surface area contributed by atoms with Crippen LogP contribution < -0.4 is 0 Å².